The van der Waals surface area contributed by atoms with E-state index in [1.165, 1.54) is 7.11 Å². The molecule has 4 heteroatoms. The molecule has 1 N–H and O–H groups in total. The Balaban J connectivity index is 1.90. The molecule has 0 amide bonds. The molecule has 0 aliphatic heterocycles. The fourth-order valence-corrected chi connectivity index (χ4v) is 2.84. The summed E-state index contributed by atoms with van der Waals surface area (Å²) in [4.78, 5) is 12.6. The summed E-state index contributed by atoms with van der Waals surface area (Å²) in [5, 5.41) is 9.67. The summed E-state index contributed by atoms with van der Waals surface area (Å²) in [5.74, 6) is 1.29. The van der Waals surface area contributed by atoms with Crippen molar-refractivity contribution in [2.45, 2.75) is 26.4 Å². The number of Topliss-reactive ketones (excluding diaryl/α,β-unsaturated/α-hetero) is 1. The molecule has 0 radical (unpaired) electrons. The highest BCUT2D eigenvalue weighted by atomic mass is 16.5. The zero-order chi connectivity index (χ0) is 17.3. The minimum absolute atomic E-state index is 0.0353. The van der Waals surface area contributed by atoms with Crippen LogP contribution in [0.5, 0.6) is 17.2 Å². The molecule has 0 heterocycles. The maximum atomic E-state index is 12.6. The van der Waals surface area contributed by atoms with Gasteiger partial charge in [-0.1, -0.05) is 6.07 Å². The van der Waals surface area contributed by atoms with Crippen LogP contribution in [0.4, 0.5) is 0 Å². The van der Waals surface area contributed by atoms with Gasteiger partial charge in [0.15, 0.2) is 17.3 Å². The van der Waals surface area contributed by atoms with Crippen molar-refractivity contribution in [1.82, 2.24) is 0 Å². The van der Waals surface area contributed by atoms with Crippen LogP contribution in [0, 0.1) is 0 Å². The number of phenols is 1. The summed E-state index contributed by atoms with van der Waals surface area (Å²) < 4.78 is 10.8. The molecule has 0 atom stereocenters. The number of hydrogen-bond acceptors (Lipinski definition) is 4. The summed E-state index contributed by atoms with van der Waals surface area (Å²) in [7, 11) is 1.50. The van der Waals surface area contributed by atoms with Gasteiger partial charge in [0.25, 0.3) is 0 Å². The van der Waals surface area contributed by atoms with Crippen molar-refractivity contribution in [2.24, 2.45) is 0 Å². The van der Waals surface area contributed by atoms with Crippen LogP contribution in [0.2, 0.25) is 0 Å². The number of ether oxygens (including phenoxy) is 2. The van der Waals surface area contributed by atoms with E-state index in [0.717, 1.165) is 28.0 Å². The van der Waals surface area contributed by atoms with Crippen molar-refractivity contribution in [3.05, 3.63) is 58.7 Å². The molecule has 1 aliphatic carbocycles. The van der Waals surface area contributed by atoms with Gasteiger partial charge in [-0.2, -0.15) is 0 Å². The molecule has 0 spiro atoms. The number of hydrogen-bond donors (Lipinski definition) is 1. The highest BCUT2D eigenvalue weighted by Crippen LogP contribution is 2.32. The molecule has 3 rings (SSSR count). The van der Waals surface area contributed by atoms with E-state index in [1.54, 1.807) is 18.2 Å². The first kappa shape index (κ1) is 16.1. The van der Waals surface area contributed by atoms with Crippen LogP contribution in [0.25, 0.3) is 6.08 Å². The van der Waals surface area contributed by atoms with Gasteiger partial charge in [0.1, 0.15) is 5.75 Å². The summed E-state index contributed by atoms with van der Waals surface area (Å²) in [6.45, 7) is 3.95. The number of carbonyl (C=O) groups excluding carboxylic acids is 1. The van der Waals surface area contributed by atoms with Gasteiger partial charge >= 0.3 is 0 Å². The van der Waals surface area contributed by atoms with Gasteiger partial charge in [0.2, 0.25) is 0 Å². The van der Waals surface area contributed by atoms with Crippen LogP contribution in [0.1, 0.15) is 35.3 Å². The second-order valence-corrected chi connectivity index (χ2v) is 6.09. The average Bonchev–Trinajstić information content (AvgIpc) is 2.84. The van der Waals surface area contributed by atoms with Crippen molar-refractivity contribution < 1.29 is 19.4 Å². The van der Waals surface area contributed by atoms with Crippen LogP contribution in [-0.4, -0.2) is 24.1 Å². The molecule has 124 valence electrons. The third-order valence-electron chi connectivity index (χ3n) is 3.91. The molecule has 0 saturated heterocycles. The molecule has 0 fully saturated rings. The molecule has 0 saturated carbocycles. The number of phenolic OH excluding ortho intramolecular Hbond substituents is 1. The third-order valence-corrected chi connectivity index (χ3v) is 3.91. The Morgan fingerprint density at radius 3 is 2.67 bits per heavy atom. The molecule has 0 bridgehead atoms. The molecule has 24 heavy (non-hydrogen) atoms. The number of methoxy groups -OCH3 is 1. The average molecular weight is 324 g/mol. The Kier molecular flexibility index (Phi) is 4.30. The lowest BCUT2D eigenvalue weighted by atomic mass is 10.1. The zero-order valence-corrected chi connectivity index (χ0v) is 14.0. The Morgan fingerprint density at radius 1 is 1.17 bits per heavy atom. The fraction of sp³-hybridized carbons (Fsp3) is 0.250. The number of carbonyl (C=O) groups is 1. The predicted molar refractivity (Wildman–Crippen MR) is 92.9 cm³/mol. The molecule has 2 aromatic rings. The van der Waals surface area contributed by atoms with Crippen molar-refractivity contribution >= 4 is 11.9 Å². The smallest absolute Gasteiger partial charge is 0.189 e. The van der Waals surface area contributed by atoms with Crippen molar-refractivity contribution in [1.29, 1.82) is 0 Å². The van der Waals surface area contributed by atoms with Gasteiger partial charge in [0, 0.05) is 17.6 Å². The first-order chi connectivity index (χ1) is 11.5. The Bertz CT molecular complexity index is 818. The van der Waals surface area contributed by atoms with Gasteiger partial charge < -0.3 is 14.6 Å². The lowest BCUT2D eigenvalue weighted by Crippen LogP contribution is -2.05. The van der Waals surface area contributed by atoms with E-state index < -0.39 is 0 Å². The third kappa shape index (κ3) is 3.13. The molecule has 0 unspecified atom stereocenters. The van der Waals surface area contributed by atoms with E-state index in [1.807, 2.05) is 38.1 Å². The number of ketones is 1. The minimum atomic E-state index is 0.0353. The van der Waals surface area contributed by atoms with E-state index in [4.69, 9.17) is 9.47 Å². The van der Waals surface area contributed by atoms with Crippen LogP contribution in [-0.2, 0) is 6.42 Å². The van der Waals surface area contributed by atoms with Crippen LogP contribution < -0.4 is 9.47 Å². The number of rotatable bonds is 4. The second-order valence-electron chi connectivity index (χ2n) is 6.09. The van der Waals surface area contributed by atoms with Crippen molar-refractivity contribution in [2.75, 3.05) is 7.11 Å². The van der Waals surface area contributed by atoms with E-state index in [-0.39, 0.29) is 17.6 Å². The quantitative estimate of drug-likeness (QED) is 0.863. The van der Waals surface area contributed by atoms with Gasteiger partial charge in [-0.05, 0) is 61.4 Å². The Morgan fingerprint density at radius 2 is 1.96 bits per heavy atom. The zero-order valence-electron chi connectivity index (χ0n) is 14.0. The first-order valence-corrected chi connectivity index (χ1v) is 7.90. The van der Waals surface area contributed by atoms with E-state index in [2.05, 4.69) is 0 Å². The molecule has 2 aromatic carbocycles. The minimum Gasteiger partial charge on any atom is -0.504 e. The van der Waals surface area contributed by atoms with Crippen molar-refractivity contribution in [3.63, 3.8) is 0 Å². The van der Waals surface area contributed by atoms with E-state index in [0.29, 0.717) is 12.2 Å². The number of fused-ring (bicyclic) bond motifs is 1. The highest BCUT2D eigenvalue weighted by Gasteiger charge is 2.25. The van der Waals surface area contributed by atoms with Gasteiger partial charge in [0.05, 0.1) is 13.2 Å². The summed E-state index contributed by atoms with van der Waals surface area (Å²) in [6, 6.07) is 10.6. The summed E-state index contributed by atoms with van der Waals surface area (Å²) >= 11 is 0. The van der Waals surface area contributed by atoms with E-state index in [9.17, 15) is 9.90 Å². The second kappa shape index (κ2) is 6.40. The number of aromatic hydroxyl groups is 1. The highest BCUT2D eigenvalue weighted by molar-refractivity contribution is 6.15. The Hall–Kier alpha value is -2.75. The van der Waals surface area contributed by atoms with Gasteiger partial charge in [-0.15, -0.1) is 0 Å². The van der Waals surface area contributed by atoms with Crippen LogP contribution in [0.15, 0.2) is 42.0 Å². The molecular formula is C20H20O4. The summed E-state index contributed by atoms with van der Waals surface area (Å²) in [6.07, 6.45) is 2.51. The number of allylic oxidation sites excluding steroid dienone is 1. The van der Waals surface area contributed by atoms with Crippen LogP contribution in [0.3, 0.4) is 0 Å². The molecular weight excluding hydrogens is 304 g/mol. The SMILES string of the molecule is COc1cc(/C=C2\Cc3cc(OC(C)C)ccc3C2=O)ccc1O. The maximum absolute atomic E-state index is 12.6. The number of benzene rings is 2. The summed E-state index contributed by atoms with van der Waals surface area (Å²) in [5.41, 5.74) is 3.25. The molecule has 4 nitrogen and oxygen atoms in total. The fourth-order valence-electron chi connectivity index (χ4n) is 2.84. The topological polar surface area (TPSA) is 55.8 Å². The van der Waals surface area contributed by atoms with Gasteiger partial charge in [-0.25, -0.2) is 0 Å². The molecule has 1 aliphatic rings. The van der Waals surface area contributed by atoms with E-state index >= 15 is 0 Å². The lowest BCUT2D eigenvalue weighted by molar-refractivity contribution is 0.104. The predicted octanol–water partition coefficient (Wildman–Crippen LogP) is 4.01. The van der Waals surface area contributed by atoms with Gasteiger partial charge in [-0.3, -0.25) is 4.79 Å². The first-order valence-electron chi connectivity index (χ1n) is 7.90. The monoisotopic (exact) mass is 324 g/mol. The lowest BCUT2D eigenvalue weighted by Gasteiger charge is -2.10. The molecule has 0 aromatic heterocycles. The normalized spacial score (nSPS) is 15.0. The Labute approximate surface area is 141 Å². The maximum Gasteiger partial charge on any atom is 0.189 e. The largest absolute Gasteiger partial charge is 0.504 e. The van der Waals surface area contributed by atoms with Crippen molar-refractivity contribution in [3.8, 4) is 17.2 Å². The van der Waals surface area contributed by atoms with Crippen LogP contribution >= 0.6 is 0 Å². The standard InChI is InChI=1S/C20H20O4/c1-12(2)24-16-5-6-17-14(11-16)10-15(20(17)22)8-13-4-7-18(21)19(9-13)23-3/h4-9,11-12,21H,10H2,1-3H3/b15-8+.